The predicted molar refractivity (Wildman–Crippen MR) is 212 cm³/mol. The molecule has 56 heavy (non-hydrogen) atoms. The number of aromatic nitrogens is 3. The number of hydrogen-bond donors (Lipinski definition) is 3. The molecular formula is C43H41N7O6. The molecule has 3 aliphatic rings. The van der Waals surface area contributed by atoms with Gasteiger partial charge in [0.05, 0.1) is 36.2 Å². The average molecular weight is 752 g/mol. The van der Waals surface area contributed by atoms with Crippen molar-refractivity contribution in [1.82, 2.24) is 25.2 Å². The third-order valence-corrected chi connectivity index (χ3v) is 10.5. The highest BCUT2D eigenvalue weighted by Crippen LogP contribution is 2.42. The number of hydrogen-bond acceptors (Lipinski definition) is 10. The van der Waals surface area contributed by atoms with E-state index in [-0.39, 0.29) is 41.9 Å². The molecule has 3 amide bonds. The number of piperidine rings is 1. The van der Waals surface area contributed by atoms with Crippen LogP contribution in [-0.2, 0) is 21.4 Å². The van der Waals surface area contributed by atoms with Crippen molar-refractivity contribution >= 4 is 45.7 Å². The van der Waals surface area contributed by atoms with E-state index in [1.54, 1.807) is 22.9 Å². The molecule has 3 aromatic heterocycles. The van der Waals surface area contributed by atoms with Crippen molar-refractivity contribution in [2.24, 2.45) is 7.05 Å². The van der Waals surface area contributed by atoms with E-state index in [0.29, 0.717) is 53.7 Å². The molecule has 0 spiro atoms. The first kappa shape index (κ1) is 36.5. The number of anilines is 3. The highest BCUT2D eigenvalue weighted by Gasteiger charge is 2.27. The van der Waals surface area contributed by atoms with Gasteiger partial charge in [-0.25, -0.2) is 0 Å². The number of benzene rings is 2. The topological polar surface area (TPSA) is 157 Å². The van der Waals surface area contributed by atoms with E-state index in [0.717, 1.165) is 53.9 Å². The van der Waals surface area contributed by atoms with Gasteiger partial charge in [-0.05, 0) is 86.2 Å². The molecule has 3 aliphatic heterocycles. The largest absolute Gasteiger partial charge is 0.489 e. The normalized spacial score (nSPS) is 17.0. The van der Waals surface area contributed by atoms with Crippen molar-refractivity contribution in [3.8, 4) is 28.8 Å². The maximum absolute atomic E-state index is 13.0. The number of rotatable bonds is 7. The van der Waals surface area contributed by atoms with Gasteiger partial charge in [0.15, 0.2) is 0 Å². The number of pyridine rings is 3. The van der Waals surface area contributed by atoms with Crippen molar-refractivity contribution < 1.29 is 23.9 Å². The summed E-state index contributed by atoms with van der Waals surface area (Å²) in [5.74, 6) is 6.05. The Balaban J connectivity index is 0.955. The molecule has 0 aliphatic carbocycles. The summed E-state index contributed by atoms with van der Waals surface area (Å²) < 4.78 is 13.6. The van der Waals surface area contributed by atoms with Gasteiger partial charge >= 0.3 is 0 Å². The Labute approximate surface area is 323 Å². The molecule has 2 aromatic carbocycles. The summed E-state index contributed by atoms with van der Waals surface area (Å²) in [6.07, 6.45) is 6.01. The fourth-order valence-corrected chi connectivity index (χ4v) is 7.50. The summed E-state index contributed by atoms with van der Waals surface area (Å²) in [7, 11) is 1.84. The first-order valence-electron chi connectivity index (χ1n) is 18.8. The van der Waals surface area contributed by atoms with E-state index >= 15 is 0 Å². The van der Waals surface area contributed by atoms with Crippen LogP contribution in [0.1, 0.15) is 58.8 Å². The summed E-state index contributed by atoms with van der Waals surface area (Å²) in [5.41, 5.74) is 7.67. The molecule has 1 unspecified atom stereocenters. The molecule has 5 aromatic rings. The molecule has 0 radical (unpaired) electrons. The zero-order chi connectivity index (χ0) is 38.8. The maximum atomic E-state index is 13.0. The highest BCUT2D eigenvalue weighted by molar-refractivity contribution is 6.01. The van der Waals surface area contributed by atoms with E-state index in [1.807, 2.05) is 56.6 Å². The van der Waals surface area contributed by atoms with Gasteiger partial charge in [-0.15, -0.1) is 0 Å². The summed E-state index contributed by atoms with van der Waals surface area (Å²) in [5, 5.41) is 9.27. The van der Waals surface area contributed by atoms with Crippen LogP contribution < -0.4 is 31.1 Å². The second-order valence-electron chi connectivity index (χ2n) is 14.2. The second-order valence-corrected chi connectivity index (χ2v) is 14.2. The molecule has 0 bridgehead atoms. The summed E-state index contributed by atoms with van der Waals surface area (Å²) >= 11 is 0. The molecule has 284 valence electrons. The fraction of sp³-hybridized carbons (Fsp3) is 0.302. The molecule has 1 atom stereocenters. The highest BCUT2D eigenvalue weighted by atomic mass is 16.5. The Hall–Kier alpha value is -6.52. The lowest BCUT2D eigenvalue weighted by atomic mass is 9.90. The first-order valence-corrected chi connectivity index (χ1v) is 18.8. The number of carbonyl (C=O) groups is 3. The SMILES string of the molecule is Cc1cc2c(N3CCOc4cc(-c5ccc(C(=O)NCC#Cc6cccc(NC7CCC(=O)NC7=O)c6)nc5)ncc43)cc(C3CCOCC3)cc2n(C)c1=O. The smallest absolute Gasteiger partial charge is 0.270 e. The lowest BCUT2D eigenvalue weighted by Gasteiger charge is -2.33. The van der Waals surface area contributed by atoms with E-state index in [1.165, 1.54) is 5.56 Å². The minimum Gasteiger partial charge on any atom is -0.489 e. The molecule has 2 fully saturated rings. The van der Waals surface area contributed by atoms with Crippen molar-refractivity contribution in [3.63, 3.8) is 0 Å². The van der Waals surface area contributed by atoms with Crippen molar-refractivity contribution in [2.45, 2.75) is 44.6 Å². The Kier molecular flexibility index (Phi) is 10.2. The minimum atomic E-state index is -0.489. The third kappa shape index (κ3) is 7.56. The maximum Gasteiger partial charge on any atom is 0.270 e. The number of fused-ring (bicyclic) bond motifs is 2. The number of aryl methyl sites for hydroxylation is 2. The van der Waals surface area contributed by atoms with Crippen LogP contribution in [0.15, 0.2) is 77.9 Å². The lowest BCUT2D eigenvalue weighted by molar-refractivity contribution is -0.133. The molecule has 13 heteroatoms. The quantitative estimate of drug-likeness (QED) is 0.157. The molecule has 2 saturated heterocycles. The van der Waals surface area contributed by atoms with E-state index in [4.69, 9.17) is 14.5 Å². The van der Waals surface area contributed by atoms with Crippen molar-refractivity contribution in [2.75, 3.05) is 43.1 Å². The number of nitrogens with zero attached hydrogens (tertiary/aromatic N) is 4. The number of nitrogens with one attached hydrogen (secondary N) is 3. The summed E-state index contributed by atoms with van der Waals surface area (Å²) in [6, 6.07) is 18.6. The Morgan fingerprint density at radius 2 is 1.82 bits per heavy atom. The van der Waals surface area contributed by atoms with Gasteiger partial charge in [0, 0.05) is 66.7 Å². The van der Waals surface area contributed by atoms with Gasteiger partial charge < -0.3 is 29.6 Å². The molecule has 13 nitrogen and oxygen atoms in total. The Morgan fingerprint density at radius 3 is 2.62 bits per heavy atom. The molecular weight excluding hydrogens is 711 g/mol. The van der Waals surface area contributed by atoms with Crippen LogP contribution in [0.3, 0.4) is 0 Å². The second kappa shape index (κ2) is 15.7. The zero-order valence-corrected chi connectivity index (χ0v) is 31.2. The Morgan fingerprint density at radius 1 is 0.964 bits per heavy atom. The Bertz CT molecular complexity index is 2480. The van der Waals surface area contributed by atoms with Gasteiger partial charge in [-0.3, -0.25) is 34.5 Å². The molecule has 3 N–H and O–H groups in total. The standard InChI is InChI=1S/C43H41N7O6/c1-26-19-32-36(49(2)43(26)54)21-30(28-12-16-55-17-13-28)22-37(32)50-15-18-56-39-23-35(46-25-38(39)50)29-8-9-33(45-24-29)41(52)44-14-4-6-27-5-3-7-31(20-27)47-34-10-11-40(51)48-42(34)53/h3,5,7-9,19-25,28,34,47H,10-18H2,1-2H3,(H,44,52)(H,48,51,53). The average Bonchev–Trinajstić information content (AvgIpc) is 3.22. The van der Waals surface area contributed by atoms with Crippen LogP contribution in [0.25, 0.3) is 22.2 Å². The van der Waals surface area contributed by atoms with E-state index in [9.17, 15) is 19.2 Å². The fourth-order valence-electron chi connectivity index (χ4n) is 7.50. The first-order chi connectivity index (χ1) is 27.2. The third-order valence-electron chi connectivity index (χ3n) is 10.5. The van der Waals surface area contributed by atoms with Crippen LogP contribution in [0, 0.1) is 18.8 Å². The minimum absolute atomic E-state index is 0.00636. The summed E-state index contributed by atoms with van der Waals surface area (Å²) in [6.45, 7) is 4.49. The van der Waals surface area contributed by atoms with Crippen molar-refractivity contribution in [3.05, 3.63) is 106 Å². The summed E-state index contributed by atoms with van der Waals surface area (Å²) in [4.78, 5) is 60.9. The van der Waals surface area contributed by atoms with Gasteiger partial charge in [0.25, 0.3) is 11.5 Å². The number of carbonyl (C=O) groups excluding carboxylic acids is 3. The molecule has 0 saturated carbocycles. The zero-order valence-electron chi connectivity index (χ0n) is 31.2. The van der Waals surface area contributed by atoms with Gasteiger partial charge in [0.1, 0.15) is 29.8 Å². The van der Waals surface area contributed by atoms with Gasteiger partial charge in [0.2, 0.25) is 11.8 Å². The van der Waals surface area contributed by atoms with E-state index < -0.39 is 6.04 Å². The predicted octanol–water partition coefficient (Wildman–Crippen LogP) is 4.73. The number of imide groups is 1. The van der Waals surface area contributed by atoms with Gasteiger partial charge in [-0.2, -0.15) is 0 Å². The van der Waals surface area contributed by atoms with Crippen molar-refractivity contribution in [1.29, 1.82) is 0 Å². The molecule has 6 heterocycles. The van der Waals surface area contributed by atoms with E-state index in [2.05, 4.69) is 49.8 Å². The number of amides is 3. The molecule has 8 rings (SSSR count). The van der Waals surface area contributed by atoms with Crippen LogP contribution in [0.5, 0.6) is 5.75 Å². The van der Waals surface area contributed by atoms with Crippen LogP contribution in [-0.4, -0.2) is 71.2 Å². The van der Waals surface area contributed by atoms with Gasteiger partial charge in [-0.1, -0.05) is 17.9 Å². The van der Waals surface area contributed by atoms with Crippen LogP contribution >= 0.6 is 0 Å². The van der Waals surface area contributed by atoms with Crippen LogP contribution in [0.4, 0.5) is 17.1 Å². The van der Waals surface area contributed by atoms with Crippen LogP contribution in [0.2, 0.25) is 0 Å². The number of ether oxygens (including phenoxy) is 2. The monoisotopic (exact) mass is 751 g/mol. The lowest BCUT2D eigenvalue weighted by Crippen LogP contribution is -2.47.